The van der Waals surface area contributed by atoms with Crippen LogP contribution in [0.25, 0.3) is 0 Å². The SMILES string of the molecule is COc1cc(OC)cc(C2CC(c3cccc(N(C)C)c3)=NN2C(=O)c2cc(OC)c(OC)c(OC)c2)c1. The Hall–Kier alpha value is -4.40. The van der Waals surface area contributed by atoms with E-state index in [0.717, 1.165) is 22.5 Å². The number of nitrogens with zero attached hydrogens (tertiary/aromatic N) is 3. The molecule has 3 aromatic carbocycles. The van der Waals surface area contributed by atoms with Crippen LogP contribution in [0.4, 0.5) is 5.69 Å². The van der Waals surface area contributed by atoms with Crippen LogP contribution in [0, 0.1) is 0 Å². The number of anilines is 1. The lowest BCUT2D eigenvalue weighted by atomic mass is 9.97. The van der Waals surface area contributed by atoms with Gasteiger partial charge >= 0.3 is 0 Å². The van der Waals surface area contributed by atoms with Gasteiger partial charge in [-0.3, -0.25) is 4.79 Å². The molecule has 1 aliphatic rings. The molecular weight excluding hydrogens is 486 g/mol. The van der Waals surface area contributed by atoms with Gasteiger partial charge in [-0.2, -0.15) is 5.10 Å². The van der Waals surface area contributed by atoms with E-state index < -0.39 is 6.04 Å². The second-order valence-corrected chi connectivity index (χ2v) is 8.92. The van der Waals surface area contributed by atoms with Crippen LogP contribution >= 0.6 is 0 Å². The molecule has 0 radical (unpaired) electrons. The van der Waals surface area contributed by atoms with Gasteiger partial charge in [0.05, 0.1) is 47.3 Å². The van der Waals surface area contributed by atoms with Gasteiger partial charge in [-0.15, -0.1) is 0 Å². The van der Waals surface area contributed by atoms with Gasteiger partial charge in [0.15, 0.2) is 11.5 Å². The molecule has 1 heterocycles. The molecule has 0 saturated carbocycles. The van der Waals surface area contributed by atoms with Crippen molar-refractivity contribution in [2.75, 3.05) is 54.5 Å². The summed E-state index contributed by atoms with van der Waals surface area (Å²) in [4.78, 5) is 16.1. The highest BCUT2D eigenvalue weighted by molar-refractivity contribution is 6.05. The first-order valence-corrected chi connectivity index (χ1v) is 12.0. The Morgan fingerprint density at radius 2 is 1.47 bits per heavy atom. The molecule has 1 atom stereocenters. The molecule has 1 aliphatic heterocycles. The van der Waals surface area contributed by atoms with Crippen molar-refractivity contribution in [2.45, 2.75) is 12.5 Å². The third-order valence-electron chi connectivity index (χ3n) is 6.48. The number of carbonyl (C=O) groups excluding carboxylic acids is 1. The van der Waals surface area contributed by atoms with Gasteiger partial charge in [-0.05, 0) is 47.5 Å². The maximum atomic E-state index is 14.0. The van der Waals surface area contributed by atoms with Crippen molar-refractivity contribution < 1.29 is 28.5 Å². The quantitative estimate of drug-likeness (QED) is 0.402. The second-order valence-electron chi connectivity index (χ2n) is 8.92. The smallest absolute Gasteiger partial charge is 0.274 e. The van der Waals surface area contributed by atoms with Gasteiger partial charge in [0.25, 0.3) is 5.91 Å². The minimum atomic E-state index is -0.399. The number of benzene rings is 3. The third kappa shape index (κ3) is 5.18. The summed E-state index contributed by atoms with van der Waals surface area (Å²) in [5.41, 5.74) is 3.97. The molecule has 9 nitrogen and oxygen atoms in total. The van der Waals surface area contributed by atoms with Gasteiger partial charge < -0.3 is 28.6 Å². The van der Waals surface area contributed by atoms with Crippen molar-refractivity contribution in [2.24, 2.45) is 5.10 Å². The number of carbonyl (C=O) groups is 1. The van der Waals surface area contributed by atoms with Gasteiger partial charge in [-0.25, -0.2) is 5.01 Å². The van der Waals surface area contributed by atoms with Crippen molar-refractivity contribution in [3.05, 3.63) is 71.3 Å². The van der Waals surface area contributed by atoms with Gasteiger partial charge in [0.1, 0.15) is 11.5 Å². The Balaban J connectivity index is 1.83. The minimum absolute atomic E-state index is 0.310. The Kier molecular flexibility index (Phi) is 7.95. The number of hydrogen-bond acceptors (Lipinski definition) is 8. The first-order valence-electron chi connectivity index (χ1n) is 12.0. The molecular formula is C29H33N3O6. The predicted molar refractivity (Wildman–Crippen MR) is 146 cm³/mol. The largest absolute Gasteiger partial charge is 0.497 e. The summed E-state index contributed by atoms with van der Waals surface area (Å²) in [6.45, 7) is 0. The number of rotatable bonds is 9. The van der Waals surface area contributed by atoms with E-state index in [1.54, 1.807) is 32.4 Å². The fraction of sp³-hybridized carbons (Fsp3) is 0.310. The van der Waals surface area contributed by atoms with Crippen molar-refractivity contribution in [3.63, 3.8) is 0 Å². The van der Waals surface area contributed by atoms with Crippen molar-refractivity contribution >= 4 is 17.3 Å². The molecule has 0 spiro atoms. The highest BCUT2D eigenvalue weighted by atomic mass is 16.5. The molecule has 9 heteroatoms. The molecule has 1 amide bonds. The number of hydrazone groups is 1. The molecule has 38 heavy (non-hydrogen) atoms. The van der Waals surface area contributed by atoms with E-state index in [-0.39, 0.29) is 5.91 Å². The summed E-state index contributed by atoms with van der Waals surface area (Å²) < 4.78 is 27.4. The minimum Gasteiger partial charge on any atom is -0.497 e. The normalized spacial score (nSPS) is 14.6. The maximum absolute atomic E-state index is 14.0. The molecule has 0 aliphatic carbocycles. The fourth-order valence-corrected chi connectivity index (χ4v) is 4.45. The van der Waals surface area contributed by atoms with E-state index in [9.17, 15) is 4.79 Å². The molecule has 3 aromatic rings. The Bertz CT molecular complexity index is 1310. The molecule has 0 bridgehead atoms. The summed E-state index contributed by atoms with van der Waals surface area (Å²) >= 11 is 0. The average Bonchev–Trinajstić information content (AvgIpc) is 3.41. The Morgan fingerprint density at radius 1 is 0.842 bits per heavy atom. The van der Waals surface area contributed by atoms with Gasteiger partial charge in [-0.1, -0.05) is 12.1 Å². The third-order valence-corrected chi connectivity index (χ3v) is 6.48. The Morgan fingerprint density at radius 3 is 2.00 bits per heavy atom. The Labute approximate surface area is 223 Å². The molecule has 200 valence electrons. The van der Waals surface area contributed by atoms with Crippen LogP contribution in [0.3, 0.4) is 0 Å². The lowest BCUT2D eigenvalue weighted by molar-refractivity contribution is 0.0710. The summed E-state index contributed by atoms with van der Waals surface area (Å²) in [6.07, 6.45) is 0.503. The van der Waals surface area contributed by atoms with Crippen molar-refractivity contribution in [1.29, 1.82) is 0 Å². The molecule has 0 N–H and O–H groups in total. The van der Waals surface area contributed by atoms with E-state index in [1.807, 2.05) is 49.3 Å². The summed E-state index contributed by atoms with van der Waals surface area (Å²) in [5, 5.41) is 6.35. The van der Waals surface area contributed by atoms with E-state index >= 15 is 0 Å². The van der Waals surface area contributed by atoms with Crippen LogP contribution in [0.15, 0.2) is 59.7 Å². The fourth-order valence-electron chi connectivity index (χ4n) is 4.45. The van der Waals surface area contributed by atoms with E-state index in [1.165, 1.54) is 26.3 Å². The number of hydrogen-bond donors (Lipinski definition) is 0. The highest BCUT2D eigenvalue weighted by Crippen LogP contribution is 2.41. The van der Waals surface area contributed by atoms with Crippen LogP contribution < -0.4 is 28.6 Å². The van der Waals surface area contributed by atoms with Crippen LogP contribution in [0.2, 0.25) is 0 Å². The zero-order chi connectivity index (χ0) is 27.4. The topological polar surface area (TPSA) is 82.1 Å². The number of ether oxygens (including phenoxy) is 5. The first-order chi connectivity index (χ1) is 18.3. The first kappa shape index (κ1) is 26.7. The van der Waals surface area contributed by atoms with E-state index in [2.05, 4.69) is 6.07 Å². The molecule has 0 saturated heterocycles. The second kappa shape index (κ2) is 11.3. The predicted octanol–water partition coefficient (Wildman–Crippen LogP) is 4.79. The van der Waals surface area contributed by atoms with Crippen LogP contribution in [0.1, 0.15) is 33.9 Å². The number of amides is 1. The van der Waals surface area contributed by atoms with Crippen molar-refractivity contribution in [3.8, 4) is 28.7 Å². The number of methoxy groups -OCH3 is 5. The standard InChI is InChI=1S/C29H33N3O6/c1-31(2)21-10-8-9-18(11-21)24-17-25(19-12-22(34-3)16-23(13-19)35-4)32(30-24)29(33)20-14-26(36-5)28(38-7)27(15-20)37-6/h8-16,25H,17H2,1-7H3. The zero-order valence-electron chi connectivity index (χ0n) is 22.8. The van der Waals surface area contributed by atoms with Crippen molar-refractivity contribution in [1.82, 2.24) is 5.01 Å². The monoisotopic (exact) mass is 519 g/mol. The van der Waals surface area contributed by atoms with Gasteiger partial charge in [0, 0.05) is 37.8 Å². The zero-order valence-corrected chi connectivity index (χ0v) is 22.8. The highest BCUT2D eigenvalue weighted by Gasteiger charge is 2.35. The van der Waals surface area contributed by atoms with Gasteiger partial charge in [0.2, 0.25) is 5.75 Å². The molecule has 4 rings (SSSR count). The molecule has 0 aromatic heterocycles. The summed E-state index contributed by atoms with van der Waals surface area (Å²) in [7, 11) is 11.7. The maximum Gasteiger partial charge on any atom is 0.274 e. The molecule has 1 unspecified atom stereocenters. The van der Waals surface area contributed by atoms with Crippen LogP contribution in [-0.2, 0) is 0 Å². The van der Waals surface area contributed by atoms with E-state index in [0.29, 0.717) is 40.7 Å². The summed E-state index contributed by atoms with van der Waals surface area (Å²) in [5.74, 6) is 2.13. The summed E-state index contributed by atoms with van der Waals surface area (Å²) in [6, 6.07) is 16.5. The van der Waals surface area contributed by atoms with Crippen LogP contribution in [0.5, 0.6) is 28.7 Å². The lowest BCUT2D eigenvalue weighted by Gasteiger charge is -2.24. The van der Waals surface area contributed by atoms with E-state index in [4.69, 9.17) is 28.8 Å². The lowest BCUT2D eigenvalue weighted by Crippen LogP contribution is -2.27. The molecule has 0 fully saturated rings. The average molecular weight is 520 g/mol. The van der Waals surface area contributed by atoms with Crippen LogP contribution in [-0.4, -0.2) is 66.3 Å².